The second-order valence-electron chi connectivity index (χ2n) is 8.99. The summed E-state index contributed by atoms with van der Waals surface area (Å²) in [7, 11) is 0. The highest BCUT2D eigenvalue weighted by molar-refractivity contribution is 6.05. The molecule has 2 heterocycles. The van der Waals surface area contributed by atoms with Gasteiger partial charge in [0.25, 0.3) is 11.6 Å². The Morgan fingerprint density at radius 1 is 1.06 bits per heavy atom. The fourth-order valence-corrected chi connectivity index (χ4v) is 4.42. The van der Waals surface area contributed by atoms with Crippen molar-refractivity contribution in [2.45, 2.75) is 33.1 Å². The average Bonchev–Trinajstić information content (AvgIpc) is 3.50. The molecule has 0 bridgehead atoms. The summed E-state index contributed by atoms with van der Waals surface area (Å²) in [6, 6.07) is 16.1. The van der Waals surface area contributed by atoms with Crippen LogP contribution >= 0.6 is 0 Å². The largest absolute Gasteiger partial charge is 0.440 e. The maximum atomic E-state index is 12.8. The van der Waals surface area contributed by atoms with Crippen LogP contribution in [0.2, 0.25) is 0 Å². The van der Waals surface area contributed by atoms with Crippen LogP contribution in [0.1, 0.15) is 45.8 Å². The fourth-order valence-electron chi connectivity index (χ4n) is 4.42. The third-order valence-electron chi connectivity index (χ3n) is 6.50. The van der Waals surface area contributed by atoms with E-state index >= 15 is 0 Å². The van der Waals surface area contributed by atoms with E-state index in [1.807, 2.05) is 36.1 Å². The number of benzene rings is 3. The molecule has 1 aliphatic heterocycles. The Labute approximate surface area is 202 Å². The summed E-state index contributed by atoms with van der Waals surface area (Å²) in [5.41, 5.74) is 6.33. The van der Waals surface area contributed by atoms with Crippen LogP contribution in [-0.2, 0) is 6.42 Å². The zero-order valence-corrected chi connectivity index (χ0v) is 19.7. The lowest BCUT2D eigenvalue weighted by Gasteiger charge is -2.17. The fraction of sp³-hybridized carbons (Fsp3) is 0.259. The maximum absolute atomic E-state index is 12.8. The van der Waals surface area contributed by atoms with E-state index in [-0.39, 0.29) is 11.3 Å². The molecule has 0 radical (unpaired) electrons. The minimum absolute atomic E-state index is 0.0429. The number of carbonyl (C=O) groups excluding carboxylic acids is 1. The number of rotatable bonds is 6. The van der Waals surface area contributed by atoms with Gasteiger partial charge in [0.05, 0.1) is 4.92 Å². The van der Waals surface area contributed by atoms with Crippen molar-refractivity contribution < 1.29 is 14.1 Å². The number of aromatic nitrogens is 1. The molecule has 1 fully saturated rings. The molecular formula is C27H26N4O4. The molecule has 0 saturated carbocycles. The standard InChI is InChI=1S/C27H26N4O4/c1-17-13-22-25(14-18(17)2)35-26(29-22)15-19-5-8-21(9-6-19)28-27(32)20-7-10-23(24(16-20)31(33)34)30-11-3-4-12-30/h5-10,13-14,16H,3-4,11-12,15H2,1-2H3,(H,28,32). The van der Waals surface area contributed by atoms with E-state index in [2.05, 4.69) is 17.2 Å². The number of nitrogens with zero attached hydrogens (tertiary/aromatic N) is 3. The molecule has 4 aromatic rings. The number of hydrogen-bond acceptors (Lipinski definition) is 6. The van der Waals surface area contributed by atoms with Gasteiger partial charge >= 0.3 is 0 Å². The first-order valence-corrected chi connectivity index (χ1v) is 11.7. The van der Waals surface area contributed by atoms with Gasteiger partial charge in [-0.2, -0.15) is 0 Å². The quantitative estimate of drug-likeness (QED) is 0.282. The third kappa shape index (κ3) is 4.73. The molecule has 0 atom stereocenters. The first-order chi connectivity index (χ1) is 16.9. The predicted octanol–water partition coefficient (Wildman–Crippen LogP) is 5.80. The van der Waals surface area contributed by atoms with Gasteiger partial charge in [-0.3, -0.25) is 14.9 Å². The van der Waals surface area contributed by atoms with E-state index in [1.165, 1.54) is 11.6 Å². The van der Waals surface area contributed by atoms with Crippen LogP contribution in [0, 0.1) is 24.0 Å². The van der Waals surface area contributed by atoms with Gasteiger partial charge < -0.3 is 14.6 Å². The van der Waals surface area contributed by atoms with Crippen molar-refractivity contribution in [2.75, 3.05) is 23.3 Å². The SMILES string of the molecule is Cc1cc2nc(Cc3ccc(NC(=O)c4ccc(N5CCCC5)c([N+](=O)[O-])c4)cc3)oc2cc1C. The van der Waals surface area contributed by atoms with Crippen molar-refractivity contribution in [3.8, 4) is 0 Å². The average molecular weight is 471 g/mol. The van der Waals surface area contributed by atoms with Gasteiger partial charge in [0, 0.05) is 36.8 Å². The molecule has 1 saturated heterocycles. The molecule has 8 heteroatoms. The number of oxazole rings is 1. The van der Waals surface area contributed by atoms with Gasteiger partial charge in [-0.25, -0.2) is 4.98 Å². The zero-order chi connectivity index (χ0) is 24.5. The van der Waals surface area contributed by atoms with Crippen molar-refractivity contribution in [1.29, 1.82) is 0 Å². The Morgan fingerprint density at radius 2 is 1.77 bits per heavy atom. The number of anilines is 2. The van der Waals surface area contributed by atoms with Crippen LogP contribution in [0.5, 0.6) is 0 Å². The highest BCUT2D eigenvalue weighted by atomic mass is 16.6. The van der Waals surface area contributed by atoms with Gasteiger partial charge in [-0.05, 0) is 79.8 Å². The van der Waals surface area contributed by atoms with Crippen molar-refractivity contribution in [3.63, 3.8) is 0 Å². The van der Waals surface area contributed by atoms with Gasteiger partial charge in [0.2, 0.25) is 0 Å². The van der Waals surface area contributed by atoms with Gasteiger partial charge in [0.1, 0.15) is 11.2 Å². The van der Waals surface area contributed by atoms with Crippen LogP contribution in [0.25, 0.3) is 11.1 Å². The van der Waals surface area contributed by atoms with E-state index in [0.717, 1.165) is 48.2 Å². The Balaban J connectivity index is 1.28. The minimum Gasteiger partial charge on any atom is -0.440 e. The topological polar surface area (TPSA) is 102 Å². The molecule has 178 valence electrons. The lowest BCUT2D eigenvalue weighted by molar-refractivity contribution is -0.384. The number of hydrogen-bond donors (Lipinski definition) is 1. The summed E-state index contributed by atoms with van der Waals surface area (Å²) in [5.74, 6) is 0.241. The molecule has 5 rings (SSSR count). The van der Waals surface area contributed by atoms with Gasteiger partial charge in [-0.1, -0.05) is 12.1 Å². The number of carbonyl (C=O) groups is 1. The second kappa shape index (κ2) is 9.21. The van der Waals surface area contributed by atoms with Crippen molar-refractivity contribution in [2.24, 2.45) is 0 Å². The van der Waals surface area contributed by atoms with E-state index < -0.39 is 10.8 Å². The predicted molar refractivity (Wildman–Crippen MR) is 135 cm³/mol. The molecule has 1 N–H and O–H groups in total. The number of aryl methyl sites for hydroxylation is 2. The molecule has 0 unspecified atom stereocenters. The summed E-state index contributed by atoms with van der Waals surface area (Å²) in [6.45, 7) is 5.68. The number of amides is 1. The Kier molecular flexibility index (Phi) is 5.94. The Hall–Kier alpha value is -4.20. The highest BCUT2D eigenvalue weighted by Gasteiger charge is 2.24. The lowest BCUT2D eigenvalue weighted by Crippen LogP contribution is -2.19. The highest BCUT2D eigenvalue weighted by Crippen LogP contribution is 2.32. The van der Waals surface area contributed by atoms with Crippen LogP contribution in [0.15, 0.2) is 59.0 Å². The summed E-state index contributed by atoms with van der Waals surface area (Å²) in [4.78, 5) is 30.6. The van der Waals surface area contributed by atoms with Crippen LogP contribution < -0.4 is 10.2 Å². The van der Waals surface area contributed by atoms with Crippen molar-refractivity contribution in [3.05, 3.63) is 92.9 Å². The number of nitrogens with one attached hydrogen (secondary N) is 1. The summed E-state index contributed by atoms with van der Waals surface area (Å²) >= 11 is 0. The van der Waals surface area contributed by atoms with Crippen LogP contribution in [-0.4, -0.2) is 28.9 Å². The number of fused-ring (bicyclic) bond motifs is 1. The summed E-state index contributed by atoms with van der Waals surface area (Å²) < 4.78 is 5.90. The summed E-state index contributed by atoms with van der Waals surface area (Å²) in [5, 5.41) is 14.4. The maximum Gasteiger partial charge on any atom is 0.293 e. The number of nitro groups is 1. The Morgan fingerprint density at radius 3 is 2.49 bits per heavy atom. The summed E-state index contributed by atoms with van der Waals surface area (Å²) in [6.07, 6.45) is 2.56. The minimum atomic E-state index is -0.423. The molecule has 3 aromatic carbocycles. The first-order valence-electron chi connectivity index (χ1n) is 11.7. The van der Waals surface area contributed by atoms with Crippen molar-refractivity contribution in [1.82, 2.24) is 4.98 Å². The Bertz CT molecular complexity index is 1380. The van der Waals surface area contributed by atoms with Gasteiger partial charge in [-0.15, -0.1) is 0 Å². The molecule has 35 heavy (non-hydrogen) atoms. The van der Waals surface area contributed by atoms with Crippen LogP contribution in [0.3, 0.4) is 0 Å². The van der Waals surface area contributed by atoms with Crippen molar-refractivity contribution >= 4 is 34.1 Å². The molecule has 1 aromatic heterocycles. The molecular weight excluding hydrogens is 444 g/mol. The zero-order valence-electron chi connectivity index (χ0n) is 19.7. The molecule has 1 aliphatic rings. The second-order valence-corrected chi connectivity index (χ2v) is 8.99. The van der Waals surface area contributed by atoms with E-state index in [4.69, 9.17) is 4.42 Å². The third-order valence-corrected chi connectivity index (χ3v) is 6.50. The first kappa shape index (κ1) is 22.6. The molecule has 8 nitrogen and oxygen atoms in total. The van der Waals surface area contributed by atoms with Gasteiger partial charge in [0.15, 0.2) is 11.5 Å². The monoisotopic (exact) mass is 470 g/mol. The van der Waals surface area contributed by atoms with E-state index in [0.29, 0.717) is 23.7 Å². The van der Waals surface area contributed by atoms with Crippen LogP contribution in [0.4, 0.5) is 17.1 Å². The van der Waals surface area contributed by atoms with E-state index in [9.17, 15) is 14.9 Å². The van der Waals surface area contributed by atoms with E-state index in [1.54, 1.807) is 24.3 Å². The molecule has 0 aliphatic carbocycles. The smallest absolute Gasteiger partial charge is 0.293 e. The number of nitro benzene ring substituents is 1. The molecule has 0 spiro atoms. The lowest BCUT2D eigenvalue weighted by atomic mass is 10.1. The molecule has 1 amide bonds. The normalized spacial score (nSPS) is 13.4.